The zero-order valence-corrected chi connectivity index (χ0v) is 9.23. The van der Waals surface area contributed by atoms with Crippen molar-refractivity contribution in [3.63, 3.8) is 0 Å². The van der Waals surface area contributed by atoms with Gasteiger partial charge in [-0.15, -0.1) is 0 Å². The molecule has 16 heavy (non-hydrogen) atoms. The van der Waals surface area contributed by atoms with Crippen LogP contribution in [0.15, 0.2) is 16.5 Å². The van der Waals surface area contributed by atoms with Gasteiger partial charge in [0.25, 0.3) is 0 Å². The average Bonchev–Trinajstić information content (AvgIpc) is 2.73. The van der Waals surface area contributed by atoms with Gasteiger partial charge in [-0.1, -0.05) is 13.8 Å². The van der Waals surface area contributed by atoms with Crippen molar-refractivity contribution in [1.82, 2.24) is 0 Å². The Bertz CT molecular complexity index is 377. The van der Waals surface area contributed by atoms with E-state index in [0.29, 0.717) is 0 Å². The summed E-state index contributed by atoms with van der Waals surface area (Å²) in [5, 5.41) is 8.47. The highest BCUT2D eigenvalue weighted by molar-refractivity contribution is 5.96. The van der Waals surface area contributed by atoms with Crippen molar-refractivity contribution in [2.75, 3.05) is 13.2 Å². The molecular weight excluding hydrogens is 212 g/mol. The van der Waals surface area contributed by atoms with E-state index in [1.165, 1.54) is 12.1 Å². The topological polar surface area (TPSA) is 76.7 Å². The van der Waals surface area contributed by atoms with E-state index in [1.807, 2.05) is 0 Å². The molecule has 0 aliphatic carbocycles. The van der Waals surface area contributed by atoms with Crippen molar-refractivity contribution >= 4 is 11.8 Å². The number of hydrogen-bond donors (Lipinski definition) is 1. The molecule has 0 fully saturated rings. The predicted molar refractivity (Wildman–Crippen MR) is 55.2 cm³/mol. The van der Waals surface area contributed by atoms with Gasteiger partial charge >= 0.3 is 5.97 Å². The monoisotopic (exact) mass is 226 g/mol. The van der Waals surface area contributed by atoms with Gasteiger partial charge in [-0.05, 0) is 12.1 Å². The Balaban J connectivity index is 2.71. The average molecular weight is 226 g/mol. The molecule has 0 unspecified atom stereocenters. The first-order chi connectivity index (χ1) is 7.56. The van der Waals surface area contributed by atoms with E-state index in [-0.39, 0.29) is 36.4 Å². The third-order valence-electron chi connectivity index (χ3n) is 1.90. The summed E-state index contributed by atoms with van der Waals surface area (Å²) in [6.45, 7) is 3.15. The van der Waals surface area contributed by atoms with Gasteiger partial charge in [0, 0.05) is 5.92 Å². The van der Waals surface area contributed by atoms with E-state index >= 15 is 0 Å². The molecule has 0 aliphatic rings. The Hall–Kier alpha value is -1.62. The molecule has 1 rings (SSSR count). The first kappa shape index (κ1) is 12.4. The molecule has 5 heteroatoms. The van der Waals surface area contributed by atoms with Crippen molar-refractivity contribution in [2.24, 2.45) is 5.92 Å². The van der Waals surface area contributed by atoms with E-state index in [9.17, 15) is 9.59 Å². The molecule has 88 valence electrons. The van der Waals surface area contributed by atoms with Gasteiger partial charge in [-0.25, -0.2) is 4.79 Å². The van der Waals surface area contributed by atoms with E-state index in [1.54, 1.807) is 13.8 Å². The molecule has 5 nitrogen and oxygen atoms in total. The minimum Gasteiger partial charge on any atom is -0.457 e. The van der Waals surface area contributed by atoms with Gasteiger partial charge in [0.1, 0.15) is 6.61 Å². The number of furan rings is 1. The Morgan fingerprint density at radius 1 is 1.38 bits per heavy atom. The van der Waals surface area contributed by atoms with Crippen molar-refractivity contribution < 1.29 is 23.8 Å². The Morgan fingerprint density at radius 3 is 2.56 bits per heavy atom. The molecule has 0 atom stereocenters. The van der Waals surface area contributed by atoms with Crippen molar-refractivity contribution in [3.05, 3.63) is 23.7 Å². The van der Waals surface area contributed by atoms with Gasteiger partial charge < -0.3 is 14.3 Å². The Labute approximate surface area is 93.0 Å². The molecule has 1 aromatic heterocycles. The van der Waals surface area contributed by atoms with Crippen molar-refractivity contribution in [2.45, 2.75) is 13.8 Å². The third-order valence-corrected chi connectivity index (χ3v) is 1.90. The van der Waals surface area contributed by atoms with E-state index in [0.717, 1.165) is 0 Å². The van der Waals surface area contributed by atoms with Gasteiger partial charge in [0.15, 0.2) is 5.76 Å². The molecule has 0 aromatic carbocycles. The van der Waals surface area contributed by atoms with Crippen LogP contribution < -0.4 is 0 Å². The molecule has 0 saturated carbocycles. The zero-order valence-electron chi connectivity index (χ0n) is 9.23. The maximum Gasteiger partial charge on any atom is 0.374 e. The largest absolute Gasteiger partial charge is 0.457 e. The molecule has 0 radical (unpaired) electrons. The number of carbonyl (C=O) groups excluding carboxylic acids is 2. The summed E-state index contributed by atoms with van der Waals surface area (Å²) in [7, 11) is 0. The molecule has 0 saturated heterocycles. The molecule has 0 bridgehead atoms. The first-order valence-corrected chi connectivity index (χ1v) is 4.98. The van der Waals surface area contributed by atoms with Crippen LogP contribution >= 0.6 is 0 Å². The highest BCUT2D eigenvalue weighted by Crippen LogP contribution is 2.13. The van der Waals surface area contributed by atoms with Gasteiger partial charge in [-0.3, -0.25) is 4.79 Å². The summed E-state index contributed by atoms with van der Waals surface area (Å²) in [5.41, 5.74) is 0. The normalized spacial score (nSPS) is 10.5. The highest BCUT2D eigenvalue weighted by Gasteiger charge is 2.18. The quantitative estimate of drug-likeness (QED) is 0.604. The Morgan fingerprint density at radius 2 is 2.00 bits per heavy atom. The van der Waals surface area contributed by atoms with Crippen LogP contribution in [0.3, 0.4) is 0 Å². The minimum atomic E-state index is -0.683. The van der Waals surface area contributed by atoms with Crippen LogP contribution in [0, 0.1) is 5.92 Å². The molecule has 0 amide bonds. The molecular formula is C11H14O5. The maximum absolute atomic E-state index is 11.5. The predicted octanol–water partition coefficient (Wildman–Crippen LogP) is 1.27. The lowest BCUT2D eigenvalue weighted by Crippen LogP contribution is -2.08. The fraction of sp³-hybridized carbons (Fsp3) is 0.455. The number of aliphatic hydroxyl groups excluding tert-OH is 1. The third kappa shape index (κ3) is 2.93. The van der Waals surface area contributed by atoms with E-state index in [2.05, 4.69) is 4.74 Å². The van der Waals surface area contributed by atoms with Gasteiger partial charge in [-0.2, -0.15) is 0 Å². The van der Waals surface area contributed by atoms with E-state index in [4.69, 9.17) is 9.52 Å². The standard InChI is InChI=1S/C11H14O5/c1-7(2)10(13)8-3-4-9(16-8)11(14)15-6-5-12/h3-4,7,12H,5-6H2,1-2H3. The highest BCUT2D eigenvalue weighted by atomic mass is 16.6. The number of esters is 1. The van der Waals surface area contributed by atoms with Crippen LogP contribution in [0.4, 0.5) is 0 Å². The fourth-order valence-corrected chi connectivity index (χ4v) is 1.07. The lowest BCUT2D eigenvalue weighted by atomic mass is 10.1. The fourth-order valence-electron chi connectivity index (χ4n) is 1.07. The van der Waals surface area contributed by atoms with E-state index < -0.39 is 5.97 Å². The first-order valence-electron chi connectivity index (χ1n) is 4.98. The summed E-state index contributed by atoms with van der Waals surface area (Å²) in [5.74, 6) is -0.922. The summed E-state index contributed by atoms with van der Waals surface area (Å²) >= 11 is 0. The molecule has 1 N–H and O–H groups in total. The van der Waals surface area contributed by atoms with Crippen molar-refractivity contribution in [3.8, 4) is 0 Å². The van der Waals surface area contributed by atoms with Gasteiger partial charge in [0.05, 0.1) is 6.61 Å². The van der Waals surface area contributed by atoms with Crippen LogP contribution in [0.25, 0.3) is 0 Å². The lowest BCUT2D eigenvalue weighted by molar-refractivity contribution is 0.0397. The van der Waals surface area contributed by atoms with Crippen LogP contribution in [0.1, 0.15) is 35.0 Å². The summed E-state index contributed by atoms with van der Waals surface area (Å²) in [4.78, 5) is 22.8. The number of ether oxygens (including phenoxy) is 1. The lowest BCUT2D eigenvalue weighted by Gasteiger charge is -2.00. The number of carbonyl (C=O) groups is 2. The van der Waals surface area contributed by atoms with Crippen LogP contribution in [-0.2, 0) is 4.74 Å². The van der Waals surface area contributed by atoms with Gasteiger partial charge in [0.2, 0.25) is 11.5 Å². The maximum atomic E-state index is 11.5. The second-order valence-corrected chi connectivity index (χ2v) is 3.54. The number of aliphatic hydroxyl groups is 1. The number of ketones is 1. The second kappa shape index (κ2) is 5.46. The minimum absolute atomic E-state index is 0.0301. The van der Waals surface area contributed by atoms with Crippen LogP contribution in [0.2, 0.25) is 0 Å². The number of Topliss-reactive ketones (excluding diaryl/α,β-unsaturated/α-hetero) is 1. The van der Waals surface area contributed by atoms with Crippen LogP contribution in [-0.4, -0.2) is 30.1 Å². The molecule has 0 spiro atoms. The summed E-state index contributed by atoms with van der Waals surface area (Å²) in [6, 6.07) is 2.83. The Kier molecular flexibility index (Phi) is 4.25. The SMILES string of the molecule is CC(C)C(=O)c1ccc(C(=O)OCCO)o1. The second-order valence-electron chi connectivity index (χ2n) is 3.54. The van der Waals surface area contributed by atoms with Crippen molar-refractivity contribution in [1.29, 1.82) is 0 Å². The molecule has 1 aromatic rings. The smallest absolute Gasteiger partial charge is 0.374 e. The zero-order chi connectivity index (χ0) is 12.1. The molecule has 0 aliphatic heterocycles. The van der Waals surface area contributed by atoms with Crippen LogP contribution in [0.5, 0.6) is 0 Å². The summed E-state index contributed by atoms with van der Waals surface area (Å²) < 4.78 is 9.70. The number of hydrogen-bond acceptors (Lipinski definition) is 5. The summed E-state index contributed by atoms with van der Waals surface area (Å²) in [6.07, 6.45) is 0. The number of rotatable bonds is 5. The molecule has 1 heterocycles.